The second-order valence-electron chi connectivity index (χ2n) is 3.93. The van der Waals surface area contributed by atoms with Gasteiger partial charge >= 0.3 is 0 Å². The number of benzene rings is 1. The predicted molar refractivity (Wildman–Crippen MR) is 67.9 cm³/mol. The Bertz CT molecular complexity index is 363. The SMILES string of the molecule is CNC(=O)C(C)Nc1cccc(N(C)C)c1. The van der Waals surface area contributed by atoms with Gasteiger partial charge in [0.1, 0.15) is 6.04 Å². The van der Waals surface area contributed by atoms with Gasteiger partial charge in [0, 0.05) is 32.5 Å². The van der Waals surface area contributed by atoms with E-state index >= 15 is 0 Å². The molecule has 16 heavy (non-hydrogen) atoms. The number of nitrogens with zero attached hydrogens (tertiary/aromatic N) is 1. The Morgan fingerprint density at radius 2 is 2.06 bits per heavy atom. The number of carbonyl (C=O) groups excluding carboxylic acids is 1. The highest BCUT2D eigenvalue weighted by molar-refractivity contribution is 5.84. The third-order valence-electron chi connectivity index (χ3n) is 2.39. The molecule has 4 nitrogen and oxygen atoms in total. The lowest BCUT2D eigenvalue weighted by molar-refractivity contribution is -0.121. The van der Waals surface area contributed by atoms with Crippen molar-refractivity contribution in [2.24, 2.45) is 0 Å². The number of likely N-dealkylation sites (N-methyl/N-ethyl adjacent to an activating group) is 1. The molecule has 1 amide bonds. The van der Waals surface area contributed by atoms with Crippen LogP contribution in [0.4, 0.5) is 11.4 Å². The highest BCUT2D eigenvalue weighted by atomic mass is 16.2. The Morgan fingerprint density at radius 3 is 2.62 bits per heavy atom. The summed E-state index contributed by atoms with van der Waals surface area (Å²) in [5.41, 5.74) is 2.05. The standard InChI is InChI=1S/C12H19N3O/c1-9(12(16)13-2)14-10-6-5-7-11(8-10)15(3)4/h5-9,14H,1-4H3,(H,13,16). The van der Waals surface area contributed by atoms with Crippen LogP contribution in [-0.4, -0.2) is 33.1 Å². The summed E-state index contributed by atoms with van der Waals surface area (Å²) in [6.45, 7) is 1.83. The van der Waals surface area contributed by atoms with Gasteiger partial charge in [-0.25, -0.2) is 0 Å². The second-order valence-corrected chi connectivity index (χ2v) is 3.93. The molecule has 0 fully saturated rings. The monoisotopic (exact) mass is 221 g/mol. The van der Waals surface area contributed by atoms with Crippen LogP contribution in [0.1, 0.15) is 6.92 Å². The summed E-state index contributed by atoms with van der Waals surface area (Å²) in [6.07, 6.45) is 0. The summed E-state index contributed by atoms with van der Waals surface area (Å²) in [5.74, 6) is -0.0183. The van der Waals surface area contributed by atoms with Crippen molar-refractivity contribution in [2.45, 2.75) is 13.0 Å². The Balaban J connectivity index is 2.74. The molecule has 1 aromatic rings. The molecule has 2 N–H and O–H groups in total. The van der Waals surface area contributed by atoms with Crippen molar-refractivity contribution < 1.29 is 4.79 Å². The van der Waals surface area contributed by atoms with Gasteiger partial charge in [-0.1, -0.05) is 6.07 Å². The Labute approximate surface area is 96.6 Å². The third-order valence-corrected chi connectivity index (χ3v) is 2.39. The zero-order chi connectivity index (χ0) is 12.1. The minimum absolute atomic E-state index is 0.0183. The second kappa shape index (κ2) is 5.39. The van der Waals surface area contributed by atoms with Crippen molar-refractivity contribution in [1.29, 1.82) is 0 Å². The van der Waals surface area contributed by atoms with Crippen molar-refractivity contribution in [3.05, 3.63) is 24.3 Å². The lowest BCUT2D eigenvalue weighted by Crippen LogP contribution is -2.35. The highest BCUT2D eigenvalue weighted by Gasteiger charge is 2.10. The topological polar surface area (TPSA) is 44.4 Å². The van der Waals surface area contributed by atoms with E-state index in [1.54, 1.807) is 7.05 Å². The molecule has 0 spiro atoms. The molecule has 1 rings (SSSR count). The smallest absolute Gasteiger partial charge is 0.241 e. The van der Waals surface area contributed by atoms with Crippen molar-refractivity contribution in [1.82, 2.24) is 5.32 Å². The van der Waals surface area contributed by atoms with Gasteiger partial charge in [0.2, 0.25) is 5.91 Å². The molecule has 0 saturated carbocycles. The molecule has 0 aliphatic rings. The van der Waals surface area contributed by atoms with Gasteiger partial charge in [-0.15, -0.1) is 0 Å². The fraction of sp³-hybridized carbons (Fsp3) is 0.417. The van der Waals surface area contributed by atoms with Gasteiger partial charge in [-0.2, -0.15) is 0 Å². The first kappa shape index (κ1) is 12.4. The molecular formula is C12H19N3O. The summed E-state index contributed by atoms with van der Waals surface area (Å²) in [7, 11) is 5.61. The van der Waals surface area contributed by atoms with E-state index in [2.05, 4.69) is 10.6 Å². The van der Waals surface area contributed by atoms with Crippen LogP contribution in [0.25, 0.3) is 0 Å². The van der Waals surface area contributed by atoms with Crippen LogP contribution in [0.15, 0.2) is 24.3 Å². The van der Waals surface area contributed by atoms with Crippen LogP contribution in [0.3, 0.4) is 0 Å². The van der Waals surface area contributed by atoms with Crippen LogP contribution in [0.2, 0.25) is 0 Å². The van der Waals surface area contributed by atoms with Gasteiger partial charge in [0.05, 0.1) is 0 Å². The number of amides is 1. The van der Waals surface area contributed by atoms with Crippen LogP contribution >= 0.6 is 0 Å². The van der Waals surface area contributed by atoms with E-state index < -0.39 is 0 Å². The Hall–Kier alpha value is -1.71. The van der Waals surface area contributed by atoms with E-state index in [1.165, 1.54) is 0 Å². The van der Waals surface area contributed by atoms with Crippen LogP contribution in [0.5, 0.6) is 0 Å². The number of hydrogen-bond donors (Lipinski definition) is 2. The van der Waals surface area contributed by atoms with E-state index in [-0.39, 0.29) is 11.9 Å². The summed E-state index contributed by atoms with van der Waals surface area (Å²) < 4.78 is 0. The molecular weight excluding hydrogens is 202 g/mol. The Kier molecular flexibility index (Phi) is 4.17. The molecule has 0 heterocycles. The number of rotatable bonds is 4. The number of anilines is 2. The lowest BCUT2D eigenvalue weighted by atomic mass is 10.2. The van der Waals surface area contributed by atoms with Crippen molar-refractivity contribution in [2.75, 3.05) is 31.4 Å². The summed E-state index contributed by atoms with van der Waals surface area (Å²) in [5, 5.41) is 5.76. The zero-order valence-electron chi connectivity index (χ0n) is 10.2. The van der Waals surface area contributed by atoms with Gasteiger partial charge < -0.3 is 15.5 Å². The third kappa shape index (κ3) is 3.15. The first-order valence-corrected chi connectivity index (χ1v) is 5.30. The molecule has 0 aliphatic carbocycles. The van der Waals surface area contributed by atoms with Crippen molar-refractivity contribution in [3.63, 3.8) is 0 Å². The normalized spacial score (nSPS) is 11.8. The molecule has 4 heteroatoms. The minimum atomic E-state index is -0.234. The first-order chi connectivity index (χ1) is 7.54. The molecule has 0 saturated heterocycles. The van der Waals surface area contributed by atoms with E-state index in [1.807, 2.05) is 50.2 Å². The van der Waals surface area contributed by atoms with Crippen LogP contribution < -0.4 is 15.5 Å². The molecule has 0 aromatic heterocycles. The lowest BCUT2D eigenvalue weighted by Gasteiger charge is -2.17. The summed E-state index contributed by atoms with van der Waals surface area (Å²) >= 11 is 0. The van der Waals surface area contributed by atoms with E-state index in [0.29, 0.717) is 0 Å². The first-order valence-electron chi connectivity index (χ1n) is 5.30. The van der Waals surface area contributed by atoms with Crippen molar-refractivity contribution in [3.8, 4) is 0 Å². The molecule has 0 aliphatic heterocycles. The quantitative estimate of drug-likeness (QED) is 0.805. The maximum absolute atomic E-state index is 11.4. The zero-order valence-corrected chi connectivity index (χ0v) is 10.2. The Morgan fingerprint density at radius 1 is 1.38 bits per heavy atom. The molecule has 1 atom stereocenters. The van der Waals surface area contributed by atoms with Gasteiger partial charge in [0.15, 0.2) is 0 Å². The molecule has 0 radical (unpaired) electrons. The van der Waals surface area contributed by atoms with Crippen LogP contribution in [0, 0.1) is 0 Å². The molecule has 1 unspecified atom stereocenters. The molecule has 1 aromatic carbocycles. The average Bonchev–Trinajstić information content (AvgIpc) is 2.28. The van der Waals surface area contributed by atoms with Crippen LogP contribution in [-0.2, 0) is 4.79 Å². The van der Waals surface area contributed by atoms with E-state index in [0.717, 1.165) is 11.4 Å². The molecule has 88 valence electrons. The number of hydrogen-bond acceptors (Lipinski definition) is 3. The fourth-order valence-corrected chi connectivity index (χ4v) is 1.41. The van der Waals surface area contributed by atoms with E-state index in [4.69, 9.17) is 0 Å². The van der Waals surface area contributed by atoms with Gasteiger partial charge in [0.25, 0.3) is 0 Å². The minimum Gasteiger partial charge on any atom is -0.378 e. The molecule has 0 bridgehead atoms. The highest BCUT2D eigenvalue weighted by Crippen LogP contribution is 2.17. The largest absolute Gasteiger partial charge is 0.378 e. The summed E-state index contributed by atoms with van der Waals surface area (Å²) in [6, 6.07) is 7.72. The summed E-state index contributed by atoms with van der Waals surface area (Å²) in [4.78, 5) is 13.4. The number of carbonyl (C=O) groups is 1. The maximum Gasteiger partial charge on any atom is 0.241 e. The average molecular weight is 221 g/mol. The van der Waals surface area contributed by atoms with Gasteiger partial charge in [-0.05, 0) is 25.1 Å². The number of nitrogens with one attached hydrogen (secondary N) is 2. The fourth-order valence-electron chi connectivity index (χ4n) is 1.41. The predicted octanol–water partition coefficient (Wildman–Crippen LogP) is 1.30. The van der Waals surface area contributed by atoms with Gasteiger partial charge in [-0.3, -0.25) is 4.79 Å². The van der Waals surface area contributed by atoms with Crippen molar-refractivity contribution >= 4 is 17.3 Å². The van der Waals surface area contributed by atoms with E-state index in [9.17, 15) is 4.79 Å². The maximum atomic E-state index is 11.4.